The number of hydrogen-bond acceptors (Lipinski definition) is 5. The average molecular weight is 484 g/mol. The summed E-state index contributed by atoms with van der Waals surface area (Å²) in [6, 6.07) is 17.0. The molecule has 0 saturated heterocycles. The van der Waals surface area contributed by atoms with Crippen LogP contribution in [-0.2, 0) is 17.3 Å². The van der Waals surface area contributed by atoms with Crippen molar-refractivity contribution in [3.05, 3.63) is 94.4 Å². The van der Waals surface area contributed by atoms with Crippen LogP contribution >= 0.6 is 11.6 Å². The lowest BCUT2D eigenvalue weighted by Gasteiger charge is -2.11. The molecule has 0 aliphatic heterocycles. The summed E-state index contributed by atoms with van der Waals surface area (Å²) in [4.78, 5) is 22.2. The molecule has 0 spiro atoms. The highest BCUT2D eigenvalue weighted by Gasteiger charge is 2.21. The zero-order valence-corrected chi connectivity index (χ0v) is 18.9. The van der Waals surface area contributed by atoms with Gasteiger partial charge >= 0.3 is 0 Å². The molecule has 0 aliphatic carbocycles. The molecule has 0 fully saturated rings. The second kappa shape index (κ2) is 10.2. The van der Waals surface area contributed by atoms with Crippen molar-refractivity contribution < 1.29 is 17.6 Å². The number of rotatable bonds is 8. The summed E-state index contributed by atoms with van der Waals surface area (Å²) in [6.45, 7) is 0.225. The van der Waals surface area contributed by atoms with E-state index in [4.69, 9.17) is 11.6 Å². The van der Waals surface area contributed by atoms with Crippen molar-refractivity contribution in [2.45, 2.75) is 12.8 Å². The molecule has 1 aromatic heterocycles. The number of nitrogens with one attached hydrogen (secondary N) is 1. The van der Waals surface area contributed by atoms with Gasteiger partial charge in [0.05, 0.1) is 33.5 Å². The van der Waals surface area contributed by atoms with Gasteiger partial charge in [0.2, 0.25) is 10.9 Å². The fraction of sp³-hybridized carbons (Fsp3) is 0.125. The van der Waals surface area contributed by atoms with E-state index < -0.39 is 22.5 Å². The number of carbonyl (C=O) groups excluding carboxylic acids is 1. The van der Waals surface area contributed by atoms with E-state index in [1.54, 1.807) is 24.4 Å². The molecule has 9 heteroatoms. The first-order valence-corrected chi connectivity index (χ1v) is 11.7. The third kappa shape index (κ3) is 5.24. The Kier molecular flexibility index (Phi) is 7.08. The minimum Gasteiger partial charge on any atom is -0.288 e. The quantitative estimate of drug-likeness (QED) is 0.221. The second-order valence-electron chi connectivity index (χ2n) is 7.32. The van der Waals surface area contributed by atoms with Crippen molar-refractivity contribution in [2.24, 2.45) is 0 Å². The normalized spacial score (nSPS) is 11.2. The van der Waals surface area contributed by atoms with Crippen LogP contribution in [0.2, 0.25) is 5.02 Å². The number of halogens is 2. The Labute approximate surface area is 196 Å². The van der Waals surface area contributed by atoms with Gasteiger partial charge in [0.1, 0.15) is 5.82 Å². The van der Waals surface area contributed by atoms with Crippen LogP contribution in [0.1, 0.15) is 27.9 Å². The van der Waals surface area contributed by atoms with E-state index in [-0.39, 0.29) is 22.7 Å². The first-order chi connectivity index (χ1) is 15.9. The van der Waals surface area contributed by atoms with E-state index in [1.165, 1.54) is 12.1 Å². The molecule has 0 bridgehead atoms. The highest BCUT2D eigenvalue weighted by Crippen LogP contribution is 2.28. The maximum absolute atomic E-state index is 14.6. The van der Waals surface area contributed by atoms with E-state index in [0.29, 0.717) is 35.1 Å². The van der Waals surface area contributed by atoms with Crippen molar-refractivity contribution in [3.63, 3.8) is 0 Å². The zero-order chi connectivity index (χ0) is 23.4. The molecule has 1 N–H and O–H groups in total. The summed E-state index contributed by atoms with van der Waals surface area (Å²) in [7, 11) is -2.68. The van der Waals surface area contributed by atoms with Crippen molar-refractivity contribution in [1.29, 1.82) is 0 Å². The monoisotopic (exact) mass is 483 g/mol. The maximum Gasteiger partial charge on any atom is 0.201 e. The van der Waals surface area contributed by atoms with E-state index >= 15 is 0 Å². The third-order valence-corrected chi connectivity index (χ3v) is 6.05. The van der Waals surface area contributed by atoms with Crippen LogP contribution in [0.4, 0.5) is 4.39 Å². The van der Waals surface area contributed by atoms with Gasteiger partial charge in [-0.2, -0.15) is 0 Å². The minimum atomic E-state index is -2.68. The average Bonchev–Trinajstić information content (AvgIpc) is 2.82. The van der Waals surface area contributed by atoms with Crippen LogP contribution in [0, 0.1) is 5.82 Å². The summed E-state index contributed by atoms with van der Waals surface area (Å²) in [6.07, 6.45) is 2.51. The van der Waals surface area contributed by atoms with E-state index in [1.807, 2.05) is 30.3 Å². The van der Waals surface area contributed by atoms with Crippen LogP contribution in [0.5, 0.6) is 0 Å². The van der Waals surface area contributed by atoms with Crippen molar-refractivity contribution in [3.8, 4) is 11.3 Å². The Morgan fingerprint density at radius 1 is 1.03 bits per heavy atom. The van der Waals surface area contributed by atoms with Gasteiger partial charge in [-0.25, -0.2) is 22.5 Å². The molecule has 3 aromatic carbocycles. The molecular weight excluding hydrogens is 465 g/mol. The van der Waals surface area contributed by atoms with E-state index in [0.717, 1.165) is 5.56 Å². The topological polar surface area (TPSA) is 89.0 Å². The molecule has 0 aliphatic rings. The van der Waals surface area contributed by atoms with Crippen LogP contribution < -0.4 is 4.72 Å². The number of benzene rings is 3. The molecule has 0 radical (unpaired) electrons. The molecular formula is C24H19ClFN3O3S. The van der Waals surface area contributed by atoms with Gasteiger partial charge in [-0.3, -0.25) is 9.78 Å². The Morgan fingerprint density at radius 3 is 2.58 bits per heavy atom. The third-order valence-electron chi connectivity index (χ3n) is 5.14. The number of ketones is 1. The molecule has 1 heterocycles. The van der Waals surface area contributed by atoms with Gasteiger partial charge in [-0.1, -0.05) is 48.0 Å². The maximum atomic E-state index is 14.6. The zero-order valence-electron chi connectivity index (χ0n) is 17.3. The summed E-state index contributed by atoms with van der Waals surface area (Å²) >= 11 is 6.40. The van der Waals surface area contributed by atoms with Crippen LogP contribution in [0.15, 0.2) is 66.9 Å². The van der Waals surface area contributed by atoms with Gasteiger partial charge < -0.3 is 0 Å². The molecule has 0 unspecified atom stereocenters. The second-order valence-corrected chi connectivity index (χ2v) is 8.53. The summed E-state index contributed by atoms with van der Waals surface area (Å²) < 4.78 is 38.2. The smallest absolute Gasteiger partial charge is 0.201 e. The molecule has 4 rings (SSSR count). The van der Waals surface area contributed by atoms with Gasteiger partial charge in [-0.15, -0.1) is 0 Å². The molecule has 0 atom stereocenters. The highest BCUT2D eigenvalue weighted by molar-refractivity contribution is 7.70. The standard InChI is InChI=1S/C24H19ClFN3O3S/c25-23-16(7-4-12-28-33(31)32)8-10-18(26)22(23)24(30)17-9-11-19-20(13-17)29-21(14-27-19)15-5-2-1-3-6-15/h1-3,5-6,8-11,13-14,33H,4,7,12H2,(H,28,31,32). The number of thiol groups is 1. The Hall–Kier alpha value is -3.20. The van der Waals surface area contributed by atoms with Crippen LogP contribution in [0.3, 0.4) is 0 Å². The Bertz CT molecular complexity index is 1400. The van der Waals surface area contributed by atoms with E-state index in [9.17, 15) is 17.6 Å². The van der Waals surface area contributed by atoms with Crippen molar-refractivity contribution in [2.75, 3.05) is 6.54 Å². The van der Waals surface area contributed by atoms with Crippen LogP contribution in [0.25, 0.3) is 22.3 Å². The Balaban J connectivity index is 1.65. The predicted molar refractivity (Wildman–Crippen MR) is 126 cm³/mol. The lowest BCUT2D eigenvalue weighted by Crippen LogP contribution is -2.13. The molecule has 0 saturated carbocycles. The summed E-state index contributed by atoms with van der Waals surface area (Å²) in [5.74, 6) is -1.28. The predicted octanol–water partition coefficient (Wildman–Crippen LogP) is 4.37. The molecule has 4 aromatic rings. The first kappa shape index (κ1) is 23.0. The number of fused-ring (bicyclic) bond motifs is 1. The van der Waals surface area contributed by atoms with Gasteiger partial charge in [0, 0.05) is 17.7 Å². The highest BCUT2D eigenvalue weighted by atomic mass is 35.5. The largest absolute Gasteiger partial charge is 0.288 e. The molecule has 0 amide bonds. The first-order valence-electron chi connectivity index (χ1n) is 10.2. The fourth-order valence-corrected chi connectivity index (χ4v) is 4.17. The number of aromatic nitrogens is 2. The summed E-state index contributed by atoms with van der Waals surface area (Å²) in [5.41, 5.74) is 3.25. The minimum absolute atomic E-state index is 0.0238. The van der Waals surface area contributed by atoms with Gasteiger partial charge in [0.15, 0.2) is 5.78 Å². The van der Waals surface area contributed by atoms with Gasteiger partial charge in [-0.05, 0) is 42.7 Å². The van der Waals surface area contributed by atoms with E-state index in [2.05, 4.69) is 14.7 Å². The number of aryl methyl sites for hydroxylation is 1. The van der Waals surface area contributed by atoms with Crippen molar-refractivity contribution >= 4 is 39.3 Å². The van der Waals surface area contributed by atoms with Gasteiger partial charge in [0.25, 0.3) is 0 Å². The number of hydrogen-bond donors (Lipinski definition) is 2. The lowest BCUT2D eigenvalue weighted by molar-refractivity contribution is 0.103. The van der Waals surface area contributed by atoms with Crippen LogP contribution in [-0.4, -0.2) is 30.7 Å². The summed E-state index contributed by atoms with van der Waals surface area (Å²) in [5, 5.41) is 0.0238. The number of nitrogens with zero attached hydrogens (tertiary/aromatic N) is 2. The fourth-order valence-electron chi connectivity index (χ4n) is 3.49. The Morgan fingerprint density at radius 2 is 1.82 bits per heavy atom. The molecule has 6 nitrogen and oxygen atoms in total. The molecule has 33 heavy (non-hydrogen) atoms. The molecule has 168 valence electrons. The lowest BCUT2D eigenvalue weighted by atomic mass is 9.98. The number of carbonyl (C=O) groups is 1. The van der Waals surface area contributed by atoms with Crippen molar-refractivity contribution in [1.82, 2.24) is 14.7 Å². The SMILES string of the molecule is O=C(c1ccc2ncc(-c3ccccc3)nc2c1)c1c(F)ccc(CCCN[SH](=O)=O)c1Cl.